The third-order valence-electron chi connectivity index (χ3n) is 4.75. The van der Waals surface area contributed by atoms with Crippen LogP contribution >= 0.6 is 0 Å². The Morgan fingerprint density at radius 3 is 2.69 bits per heavy atom. The largest absolute Gasteiger partial charge is 0.493 e. The maximum atomic E-state index is 13.1. The highest BCUT2D eigenvalue weighted by Gasteiger charge is 2.21. The molecule has 1 N–H and O–H groups in total. The molecular formula is C22H25FN2O4. The number of hydrogen-bond donors (Lipinski definition) is 1. The molecule has 1 heterocycles. The number of nitrogens with zero attached hydrogens (tertiary/aromatic N) is 1. The van der Waals surface area contributed by atoms with E-state index < -0.39 is 0 Å². The number of hydrogen-bond acceptors (Lipinski definition) is 4. The van der Waals surface area contributed by atoms with Crippen molar-refractivity contribution in [3.63, 3.8) is 0 Å². The van der Waals surface area contributed by atoms with Crippen LogP contribution in [0.15, 0.2) is 42.5 Å². The van der Waals surface area contributed by atoms with Gasteiger partial charge in [0, 0.05) is 36.8 Å². The Kier molecular flexibility index (Phi) is 7.19. The van der Waals surface area contributed by atoms with Crippen molar-refractivity contribution in [2.24, 2.45) is 0 Å². The second-order valence-electron chi connectivity index (χ2n) is 6.84. The number of ether oxygens (including phenoxy) is 2. The van der Waals surface area contributed by atoms with E-state index in [0.29, 0.717) is 56.3 Å². The van der Waals surface area contributed by atoms with Crippen LogP contribution in [-0.4, -0.2) is 49.6 Å². The Morgan fingerprint density at radius 1 is 1.17 bits per heavy atom. The molecular weight excluding hydrogens is 375 g/mol. The molecule has 1 aliphatic rings. The fourth-order valence-corrected chi connectivity index (χ4v) is 3.13. The Labute approximate surface area is 169 Å². The quantitative estimate of drug-likeness (QED) is 0.724. The molecule has 0 bridgehead atoms. The van der Waals surface area contributed by atoms with E-state index in [-0.39, 0.29) is 24.1 Å². The van der Waals surface area contributed by atoms with E-state index in [1.54, 1.807) is 35.2 Å². The Morgan fingerprint density at radius 2 is 1.93 bits per heavy atom. The first-order chi connectivity index (χ1) is 14.0. The van der Waals surface area contributed by atoms with Gasteiger partial charge in [0.05, 0.1) is 19.8 Å². The van der Waals surface area contributed by atoms with Gasteiger partial charge < -0.3 is 19.7 Å². The number of carbonyl (C=O) groups excluding carboxylic acids is 2. The maximum Gasteiger partial charge on any atom is 0.254 e. The molecule has 2 aromatic rings. The lowest BCUT2D eigenvalue weighted by molar-refractivity contribution is -0.116. The van der Waals surface area contributed by atoms with E-state index in [2.05, 4.69) is 5.32 Å². The average Bonchev–Trinajstić information content (AvgIpc) is 2.73. The molecule has 1 aliphatic heterocycles. The monoisotopic (exact) mass is 400 g/mol. The van der Waals surface area contributed by atoms with Crippen molar-refractivity contribution in [2.45, 2.75) is 19.8 Å². The summed E-state index contributed by atoms with van der Waals surface area (Å²) in [5.74, 6) is -0.130. The lowest BCUT2D eigenvalue weighted by Gasteiger charge is -2.27. The van der Waals surface area contributed by atoms with Crippen LogP contribution in [0.1, 0.15) is 28.8 Å². The first kappa shape index (κ1) is 20.8. The lowest BCUT2D eigenvalue weighted by atomic mass is 10.0. The van der Waals surface area contributed by atoms with Gasteiger partial charge in [0.25, 0.3) is 5.91 Å². The number of anilines is 1. The van der Waals surface area contributed by atoms with Crippen LogP contribution in [0, 0.1) is 12.7 Å². The fourth-order valence-electron chi connectivity index (χ4n) is 3.13. The highest BCUT2D eigenvalue weighted by molar-refractivity contribution is 5.99. The third kappa shape index (κ3) is 5.77. The predicted molar refractivity (Wildman–Crippen MR) is 108 cm³/mol. The van der Waals surface area contributed by atoms with Gasteiger partial charge in [-0.3, -0.25) is 9.59 Å². The van der Waals surface area contributed by atoms with Gasteiger partial charge in [-0.05, 0) is 43.2 Å². The van der Waals surface area contributed by atoms with Crippen molar-refractivity contribution >= 4 is 17.5 Å². The first-order valence-corrected chi connectivity index (χ1v) is 9.69. The lowest BCUT2D eigenvalue weighted by Crippen LogP contribution is -2.41. The minimum absolute atomic E-state index is 0.0506. The summed E-state index contributed by atoms with van der Waals surface area (Å²) in [7, 11) is 0. The fraction of sp³-hybridized carbons (Fsp3) is 0.364. The van der Waals surface area contributed by atoms with Crippen molar-refractivity contribution in [3.8, 4) is 5.75 Å². The second kappa shape index (κ2) is 10.0. The summed E-state index contributed by atoms with van der Waals surface area (Å²) in [4.78, 5) is 26.8. The van der Waals surface area contributed by atoms with Gasteiger partial charge in [-0.15, -0.1) is 0 Å². The summed E-state index contributed by atoms with van der Waals surface area (Å²) in [6, 6.07) is 11.2. The minimum Gasteiger partial charge on any atom is -0.493 e. The van der Waals surface area contributed by atoms with E-state index in [9.17, 15) is 14.0 Å². The molecule has 2 amide bonds. The zero-order chi connectivity index (χ0) is 20.6. The van der Waals surface area contributed by atoms with Crippen LogP contribution in [0.25, 0.3) is 0 Å². The summed E-state index contributed by atoms with van der Waals surface area (Å²) < 4.78 is 23.9. The number of morpholine rings is 1. The Bertz CT molecular complexity index is 866. The molecule has 2 aromatic carbocycles. The molecule has 0 spiro atoms. The molecule has 0 aliphatic carbocycles. The normalized spacial score (nSPS) is 13.8. The summed E-state index contributed by atoms with van der Waals surface area (Å²) in [5, 5.41) is 2.87. The van der Waals surface area contributed by atoms with E-state index in [1.165, 1.54) is 12.1 Å². The van der Waals surface area contributed by atoms with E-state index >= 15 is 0 Å². The van der Waals surface area contributed by atoms with E-state index in [0.717, 1.165) is 5.56 Å². The van der Waals surface area contributed by atoms with Crippen molar-refractivity contribution in [1.29, 1.82) is 0 Å². The zero-order valence-corrected chi connectivity index (χ0v) is 16.4. The number of rotatable bonds is 7. The molecule has 0 aromatic heterocycles. The molecule has 0 unspecified atom stereocenters. The molecule has 29 heavy (non-hydrogen) atoms. The molecule has 0 atom stereocenters. The first-order valence-electron chi connectivity index (χ1n) is 9.69. The van der Waals surface area contributed by atoms with Gasteiger partial charge in [0.15, 0.2) is 0 Å². The number of benzene rings is 2. The van der Waals surface area contributed by atoms with Crippen molar-refractivity contribution in [1.82, 2.24) is 4.90 Å². The molecule has 154 valence electrons. The molecule has 3 rings (SSSR count). The highest BCUT2D eigenvalue weighted by Crippen LogP contribution is 2.21. The number of amides is 2. The summed E-state index contributed by atoms with van der Waals surface area (Å²) in [6.45, 7) is 4.36. The molecule has 7 heteroatoms. The van der Waals surface area contributed by atoms with Gasteiger partial charge in [-0.2, -0.15) is 0 Å². The van der Waals surface area contributed by atoms with Crippen LogP contribution in [-0.2, 0) is 9.53 Å². The van der Waals surface area contributed by atoms with E-state index in [4.69, 9.17) is 9.47 Å². The molecule has 0 radical (unpaired) electrons. The summed E-state index contributed by atoms with van der Waals surface area (Å²) in [6.07, 6.45) is 0.754. The molecule has 1 saturated heterocycles. The number of halogens is 1. The smallest absolute Gasteiger partial charge is 0.254 e. The van der Waals surface area contributed by atoms with Gasteiger partial charge in [-0.25, -0.2) is 4.39 Å². The van der Waals surface area contributed by atoms with Crippen LogP contribution in [0.4, 0.5) is 10.1 Å². The molecule has 6 nitrogen and oxygen atoms in total. The SMILES string of the molecule is Cc1c(NC(=O)CCCOc2cccc(F)c2)cccc1C(=O)N1CCOCC1. The second-order valence-corrected chi connectivity index (χ2v) is 6.84. The Hall–Kier alpha value is -2.93. The maximum absolute atomic E-state index is 13.1. The molecule has 0 saturated carbocycles. The highest BCUT2D eigenvalue weighted by atomic mass is 19.1. The summed E-state index contributed by atoms with van der Waals surface area (Å²) >= 11 is 0. The van der Waals surface area contributed by atoms with Crippen LogP contribution in [0.5, 0.6) is 5.75 Å². The molecule has 1 fully saturated rings. The van der Waals surface area contributed by atoms with Crippen molar-refractivity contribution in [2.75, 3.05) is 38.2 Å². The predicted octanol–water partition coefficient (Wildman–Crippen LogP) is 3.40. The number of carbonyl (C=O) groups is 2. The summed E-state index contributed by atoms with van der Waals surface area (Å²) in [5.41, 5.74) is 1.95. The minimum atomic E-state index is -0.359. The van der Waals surface area contributed by atoms with Crippen LogP contribution in [0.2, 0.25) is 0 Å². The third-order valence-corrected chi connectivity index (χ3v) is 4.75. The standard InChI is InChI=1S/C22H25FN2O4/c1-16-19(22(27)25-10-13-28-14-11-25)7-3-8-20(16)24-21(26)9-4-12-29-18-6-2-5-17(23)15-18/h2-3,5-8,15H,4,9-14H2,1H3,(H,24,26). The van der Waals surface area contributed by atoms with Crippen LogP contribution in [0.3, 0.4) is 0 Å². The zero-order valence-electron chi connectivity index (χ0n) is 16.4. The Balaban J connectivity index is 1.51. The van der Waals surface area contributed by atoms with Gasteiger partial charge >= 0.3 is 0 Å². The van der Waals surface area contributed by atoms with E-state index in [1.807, 2.05) is 6.92 Å². The topological polar surface area (TPSA) is 67.9 Å². The average molecular weight is 400 g/mol. The van der Waals surface area contributed by atoms with Gasteiger partial charge in [0.2, 0.25) is 5.91 Å². The number of nitrogens with one attached hydrogen (secondary N) is 1. The van der Waals surface area contributed by atoms with Gasteiger partial charge in [0.1, 0.15) is 11.6 Å². The van der Waals surface area contributed by atoms with Crippen LogP contribution < -0.4 is 10.1 Å². The van der Waals surface area contributed by atoms with Crippen molar-refractivity contribution in [3.05, 3.63) is 59.4 Å². The van der Waals surface area contributed by atoms with Gasteiger partial charge in [-0.1, -0.05) is 12.1 Å². The van der Waals surface area contributed by atoms with Crippen molar-refractivity contribution < 1.29 is 23.5 Å².